The van der Waals surface area contributed by atoms with Crippen LogP contribution in [0.1, 0.15) is 33.6 Å². The largest absolute Gasteiger partial charge is 0.573 e. The van der Waals surface area contributed by atoms with Crippen molar-refractivity contribution in [1.29, 1.82) is 0 Å². The fraction of sp³-hybridized carbons (Fsp3) is 0.647. The molecule has 26 heavy (non-hydrogen) atoms. The predicted octanol–water partition coefficient (Wildman–Crippen LogP) is 2.64. The van der Waals surface area contributed by atoms with E-state index in [1.165, 1.54) is 12.3 Å². The van der Waals surface area contributed by atoms with Crippen molar-refractivity contribution in [3.05, 3.63) is 18.3 Å². The zero-order valence-electron chi connectivity index (χ0n) is 15.0. The van der Waals surface area contributed by atoms with Crippen molar-refractivity contribution in [3.8, 4) is 11.6 Å². The predicted molar refractivity (Wildman–Crippen MR) is 88.8 cm³/mol. The molecule has 1 fully saturated rings. The Morgan fingerprint density at radius 2 is 2.15 bits per heavy atom. The number of nitrogens with zero attached hydrogens (tertiary/aromatic N) is 1. The summed E-state index contributed by atoms with van der Waals surface area (Å²) in [6, 6.07) is 2.81. The van der Waals surface area contributed by atoms with Crippen molar-refractivity contribution in [3.63, 3.8) is 0 Å². The van der Waals surface area contributed by atoms with Crippen molar-refractivity contribution < 1.29 is 27.4 Å². The maximum atomic E-state index is 12.5. The highest BCUT2D eigenvalue weighted by Crippen LogP contribution is 2.31. The van der Waals surface area contributed by atoms with Crippen LogP contribution in [0.5, 0.6) is 11.6 Å². The average Bonchev–Trinajstić information content (AvgIpc) is 2.52. The summed E-state index contributed by atoms with van der Waals surface area (Å²) >= 11 is 0. The van der Waals surface area contributed by atoms with Crippen LogP contribution in [0.4, 0.5) is 13.2 Å². The molecule has 0 spiro atoms. The number of hydrogen-bond donors (Lipinski definition) is 2. The maximum Gasteiger partial charge on any atom is 0.573 e. The lowest BCUT2D eigenvalue weighted by atomic mass is 9.91. The smallest absolute Gasteiger partial charge is 0.474 e. The molecule has 0 aromatic carbocycles. The molecule has 1 aliphatic heterocycles. The Balaban J connectivity index is 1.96. The van der Waals surface area contributed by atoms with Crippen molar-refractivity contribution in [2.45, 2.75) is 52.1 Å². The quantitative estimate of drug-likeness (QED) is 0.800. The van der Waals surface area contributed by atoms with E-state index >= 15 is 0 Å². The number of pyridine rings is 1. The molecule has 1 amide bonds. The van der Waals surface area contributed by atoms with Crippen molar-refractivity contribution >= 4 is 5.91 Å². The van der Waals surface area contributed by atoms with Crippen LogP contribution < -0.4 is 20.1 Å². The van der Waals surface area contributed by atoms with Gasteiger partial charge in [0.1, 0.15) is 6.61 Å². The summed E-state index contributed by atoms with van der Waals surface area (Å²) in [7, 11) is 0. The zero-order chi connectivity index (χ0) is 19.4. The van der Waals surface area contributed by atoms with Gasteiger partial charge >= 0.3 is 6.36 Å². The van der Waals surface area contributed by atoms with Crippen molar-refractivity contribution in [1.82, 2.24) is 15.6 Å². The summed E-state index contributed by atoms with van der Waals surface area (Å²) in [6.07, 6.45) is -1.90. The number of amides is 1. The fourth-order valence-corrected chi connectivity index (χ4v) is 2.64. The molecule has 1 aliphatic rings. The first-order valence-electron chi connectivity index (χ1n) is 8.45. The van der Waals surface area contributed by atoms with E-state index in [9.17, 15) is 18.0 Å². The van der Waals surface area contributed by atoms with Gasteiger partial charge in [-0.05, 0) is 52.3 Å². The second kappa shape index (κ2) is 8.11. The second-order valence-corrected chi connectivity index (χ2v) is 7.08. The summed E-state index contributed by atoms with van der Waals surface area (Å²) in [5.41, 5.74) is -0.943. The third kappa shape index (κ3) is 6.05. The first-order chi connectivity index (χ1) is 12.1. The average molecular weight is 375 g/mol. The number of halogens is 3. The minimum atomic E-state index is -4.85. The van der Waals surface area contributed by atoms with Gasteiger partial charge in [-0.1, -0.05) is 0 Å². The number of nitrogens with one attached hydrogen (secondary N) is 2. The molecule has 2 N–H and O–H groups in total. The van der Waals surface area contributed by atoms with Crippen LogP contribution in [-0.2, 0) is 4.79 Å². The van der Waals surface area contributed by atoms with E-state index in [-0.39, 0.29) is 24.4 Å². The fourth-order valence-electron chi connectivity index (χ4n) is 2.64. The highest BCUT2D eigenvalue weighted by atomic mass is 19.4. The summed E-state index contributed by atoms with van der Waals surface area (Å²) in [5, 5.41) is 6.29. The topological polar surface area (TPSA) is 72.5 Å². The van der Waals surface area contributed by atoms with E-state index in [1.54, 1.807) is 13.8 Å². The molecule has 6 nitrogen and oxygen atoms in total. The van der Waals surface area contributed by atoms with Gasteiger partial charge in [-0.25, -0.2) is 4.98 Å². The van der Waals surface area contributed by atoms with Crippen LogP contribution in [0.25, 0.3) is 0 Å². The number of carbonyl (C=O) groups is 1. The molecule has 9 heteroatoms. The highest BCUT2D eigenvalue weighted by molar-refractivity contribution is 5.82. The first-order valence-corrected chi connectivity index (χ1v) is 8.45. The molecule has 2 atom stereocenters. The van der Waals surface area contributed by atoms with Crippen LogP contribution in [0.15, 0.2) is 18.3 Å². The summed E-state index contributed by atoms with van der Waals surface area (Å²) < 4.78 is 46.6. The van der Waals surface area contributed by atoms with Gasteiger partial charge in [-0.2, -0.15) is 0 Å². The maximum absolute atomic E-state index is 12.5. The number of piperidine rings is 1. The molecular formula is C17H24F3N3O3. The minimum Gasteiger partial charge on any atom is -0.474 e. The van der Waals surface area contributed by atoms with E-state index in [1.807, 2.05) is 0 Å². The van der Waals surface area contributed by atoms with Gasteiger partial charge in [-0.3, -0.25) is 4.79 Å². The molecule has 0 bridgehead atoms. The summed E-state index contributed by atoms with van der Waals surface area (Å²) in [5.74, 6) is -1.06. The molecule has 2 rings (SSSR count). The van der Waals surface area contributed by atoms with E-state index < -0.39 is 17.5 Å². The molecule has 1 saturated heterocycles. The van der Waals surface area contributed by atoms with Crippen LogP contribution >= 0.6 is 0 Å². The van der Waals surface area contributed by atoms with Gasteiger partial charge in [0.15, 0.2) is 5.75 Å². The SMILES string of the molecule is C[C@H]1C[C@H](NC(=O)C(C)(C)COc2ncccc2OC(F)(F)F)CCN1. The zero-order valence-corrected chi connectivity index (χ0v) is 15.0. The first kappa shape index (κ1) is 20.3. The Morgan fingerprint density at radius 1 is 1.42 bits per heavy atom. The highest BCUT2D eigenvalue weighted by Gasteiger charge is 2.34. The summed E-state index contributed by atoms with van der Waals surface area (Å²) in [6.45, 7) is 6.08. The number of alkyl halides is 3. The molecule has 0 saturated carbocycles. The molecular weight excluding hydrogens is 351 g/mol. The third-order valence-electron chi connectivity index (χ3n) is 4.11. The summed E-state index contributed by atoms with van der Waals surface area (Å²) in [4.78, 5) is 16.3. The minimum absolute atomic E-state index is 0.0667. The van der Waals surface area contributed by atoms with Crippen molar-refractivity contribution in [2.24, 2.45) is 5.41 Å². The number of carbonyl (C=O) groups excluding carboxylic acids is 1. The second-order valence-electron chi connectivity index (χ2n) is 7.08. The van der Waals surface area contributed by atoms with Gasteiger partial charge < -0.3 is 20.1 Å². The Kier molecular flexibility index (Phi) is 6.33. The molecule has 0 unspecified atom stereocenters. The van der Waals surface area contributed by atoms with E-state index in [2.05, 4.69) is 27.3 Å². The monoisotopic (exact) mass is 375 g/mol. The molecule has 2 heterocycles. The number of rotatable bonds is 6. The molecule has 1 aromatic heterocycles. The lowest BCUT2D eigenvalue weighted by Gasteiger charge is -2.32. The number of ether oxygens (including phenoxy) is 2. The van der Waals surface area contributed by atoms with Gasteiger partial charge in [0, 0.05) is 18.3 Å². The Hall–Kier alpha value is -2.03. The lowest BCUT2D eigenvalue weighted by Crippen LogP contribution is -2.50. The molecule has 146 valence electrons. The van der Waals surface area contributed by atoms with Gasteiger partial charge in [-0.15, -0.1) is 13.2 Å². The van der Waals surface area contributed by atoms with Crippen LogP contribution in [0.3, 0.4) is 0 Å². The Morgan fingerprint density at radius 3 is 2.81 bits per heavy atom. The Bertz CT molecular complexity index is 623. The van der Waals surface area contributed by atoms with Crippen LogP contribution in [0.2, 0.25) is 0 Å². The third-order valence-corrected chi connectivity index (χ3v) is 4.11. The Labute approximate surface area is 150 Å². The number of hydrogen-bond acceptors (Lipinski definition) is 5. The van der Waals surface area contributed by atoms with Crippen molar-refractivity contribution in [2.75, 3.05) is 13.2 Å². The van der Waals surface area contributed by atoms with Gasteiger partial charge in [0.2, 0.25) is 5.91 Å². The lowest BCUT2D eigenvalue weighted by molar-refractivity contribution is -0.275. The van der Waals surface area contributed by atoms with Crippen LogP contribution in [-0.4, -0.2) is 42.5 Å². The number of aromatic nitrogens is 1. The standard InChI is InChI=1S/C17H24F3N3O3/c1-11-9-12(6-8-21-11)23-15(24)16(2,3)10-25-14-13(5-4-7-22-14)26-17(18,19)20/h4-5,7,11-12,21H,6,8-10H2,1-3H3,(H,23,24)/t11-,12+/m0/s1. The van der Waals surface area contributed by atoms with Crippen LogP contribution in [0, 0.1) is 5.41 Å². The molecule has 0 radical (unpaired) electrons. The van der Waals surface area contributed by atoms with Gasteiger partial charge in [0.05, 0.1) is 5.41 Å². The van der Waals surface area contributed by atoms with E-state index in [4.69, 9.17) is 4.74 Å². The van der Waals surface area contributed by atoms with E-state index in [0.29, 0.717) is 6.04 Å². The van der Waals surface area contributed by atoms with Gasteiger partial charge in [0.25, 0.3) is 5.88 Å². The molecule has 0 aliphatic carbocycles. The molecule has 1 aromatic rings. The normalized spacial score (nSPS) is 21.2. The van der Waals surface area contributed by atoms with E-state index in [0.717, 1.165) is 25.5 Å².